The van der Waals surface area contributed by atoms with E-state index in [1.165, 1.54) is 4.90 Å². The molecule has 4 aromatic carbocycles. The van der Waals surface area contributed by atoms with E-state index in [1.807, 2.05) is 106 Å². The van der Waals surface area contributed by atoms with Gasteiger partial charge in [0.05, 0.1) is 11.9 Å². The van der Waals surface area contributed by atoms with Crippen molar-refractivity contribution in [2.24, 2.45) is 0 Å². The fraction of sp³-hybridized carbons (Fsp3) is 0.294. The molecule has 0 bridgehead atoms. The largest absolute Gasteiger partial charge is 0.352 e. The standard InChI is InChI=1S/C34H39N3O4S/c1-5-26(3)35-34(39)32(22-27-12-7-6-8-13-27)36(23-28-20-18-25(2)19-21-28)33(38)24-37(42(4,40)41)31-17-11-15-29-14-9-10-16-30(29)31/h6-21,26,32H,5,22-24H2,1-4H3,(H,35,39)/t26-,32-/m1/s1. The number of hydrogen-bond donors (Lipinski definition) is 1. The van der Waals surface area contributed by atoms with E-state index in [9.17, 15) is 18.0 Å². The normalized spacial score (nSPS) is 12.9. The smallest absolute Gasteiger partial charge is 0.244 e. The molecular formula is C34H39N3O4S. The average molecular weight is 586 g/mol. The number of carbonyl (C=O) groups is 2. The molecule has 0 spiro atoms. The molecule has 0 aliphatic carbocycles. The van der Waals surface area contributed by atoms with E-state index in [-0.39, 0.29) is 24.9 Å². The van der Waals surface area contributed by atoms with Crippen molar-refractivity contribution in [1.29, 1.82) is 0 Å². The Hall–Kier alpha value is -4.17. The Labute approximate surface area is 249 Å². The van der Waals surface area contributed by atoms with Crippen molar-refractivity contribution in [2.75, 3.05) is 17.1 Å². The van der Waals surface area contributed by atoms with Crippen molar-refractivity contribution in [1.82, 2.24) is 10.2 Å². The predicted molar refractivity (Wildman–Crippen MR) is 170 cm³/mol. The molecule has 2 atom stereocenters. The van der Waals surface area contributed by atoms with Gasteiger partial charge < -0.3 is 10.2 Å². The van der Waals surface area contributed by atoms with Gasteiger partial charge in [-0.2, -0.15) is 0 Å². The summed E-state index contributed by atoms with van der Waals surface area (Å²) in [6.45, 7) is 5.60. The number of anilines is 1. The molecule has 0 saturated heterocycles. The zero-order chi connectivity index (χ0) is 30.3. The van der Waals surface area contributed by atoms with Gasteiger partial charge in [0.25, 0.3) is 0 Å². The minimum absolute atomic E-state index is 0.0877. The zero-order valence-electron chi connectivity index (χ0n) is 24.7. The molecule has 0 saturated carbocycles. The molecule has 4 rings (SSSR count). The van der Waals surface area contributed by atoms with Gasteiger partial charge in [-0.25, -0.2) is 8.42 Å². The number of aryl methyl sites for hydroxylation is 1. The Morgan fingerprint density at radius 3 is 2.14 bits per heavy atom. The van der Waals surface area contributed by atoms with Crippen LogP contribution in [0.5, 0.6) is 0 Å². The lowest BCUT2D eigenvalue weighted by atomic mass is 10.0. The number of carbonyl (C=O) groups excluding carboxylic acids is 2. The Balaban J connectivity index is 1.78. The lowest BCUT2D eigenvalue weighted by Gasteiger charge is -2.34. The third-order valence-electron chi connectivity index (χ3n) is 7.46. The number of hydrogen-bond acceptors (Lipinski definition) is 4. The molecule has 220 valence electrons. The first kappa shape index (κ1) is 30.8. The highest BCUT2D eigenvalue weighted by Crippen LogP contribution is 2.29. The van der Waals surface area contributed by atoms with Crippen LogP contribution in [0.4, 0.5) is 5.69 Å². The van der Waals surface area contributed by atoms with Gasteiger partial charge in [-0.3, -0.25) is 13.9 Å². The van der Waals surface area contributed by atoms with Gasteiger partial charge in [0.1, 0.15) is 12.6 Å². The molecule has 42 heavy (non-hydrogen) atoms. The Bertz CT molecular complexity index is 1620. The SMILES string of the molecule is CC[C@@H](C)NC(=O)[C@@H](Cc1ccccc1)N(Cc1ccc(C)cc1)C(=O)CN(c1cccc2ccccc12)S(C)(=O)=O. The van der Waals surface area contributed by atoms with Crippen molar-refractivity contribution >= 4 is 38.3 Å². The maximum Gasteiger partial charge on any atom is 0.244 e. The fourth-order valence-electron chi connectivity index (χ4n) is 4.91. The van der Waals surface area contributed by atoms with Crippen LogP contribution in [0.1, 0.15) is 37.0 Å². The quantitative estimate of drug-likeness (QED) is 0.239. The van der Waals surface area contributed by atoms with Gasteiger partial charge in [0.15, 0.2) is 0 Å². The van der Waals surface area contributed by atoms with Crippen LogP contribution in [0.25, 0.3) is 10.8 Å². The van der Waals surface area contributed by atoms with E-state index in [0.29, 0.717) is 5.69 Å². The number of amides is 2. The van der Waals surface area contributed by atoms with Gasteiger partial charge in [-0.15, -0.1) is 0 Å². The molecule has 0 radical (unpaired) electrons. The summed E-state index contributed by atoms with van der Waals surface area (Å²) in [7, 11) is -3.86. The van der Waals surface area contributed by atoms with Gasteiger partial charge in [0.2, 0.25) is 21.8 Å². The molecule has 0 heterocycles. The van der Waals surface area contributed by atoms with Gasteiger partial charge in [-0.05, 0) is 42.8 Å². The number of sulfonamides is 1. The van der Waals surface area contributed by atoms with E-state index < -0.39 is 28.5 Å². The molecule has 0 fully saturated rings. The summed E-state index contributed by atoms with van der Waals surface area (Å²) in [4.78, 5) is 29.6. The first-order valence-corrected chi connectivity index (χ1v) is 16.1. The van der Waals surface area contributed by atoms with Crippen LogP contribution in [-0.2, 0) is 32.6 Å². The van der Waals surface area contributed by atoms with Crippen LogP contribution < -0.4 is 9.62 Å². The van der Waals surface area contributed by atoms with Crippen LogP contribution >= 0.6 is 0 Å². The fourth-order valence-corrected chi connectivity index (χ4v) is 5.77. The number of nitrogens with one attached hydrogen (secondary N) is 1. The number of nitrogens with zero attached hydrogens (tertiary/aromatic N) is 2. The van der Waals surface area contributed by atoms with Gasteiger partial charge >= 0.3 is 0 Å². The number of fused-ring (bicyclic) bond motifs is 1. The first-order valence-electron chi connectivity index (χ1n) is 14.2. The highest BCUT2D eigenvalue weighted by molar-refractivity contribution is 7.92. The monoisotopic (exact) mass is 585 g/mol. The molecule has 1 N–H and O–H groups in total. The highest BCUT2D eigenvalue weighted by atomic mass is 32.2. The molecule has 0 aliphatic rings. The van der Waals surface area contributed by atoms with Crippen LogP contribution in [-0.4, -0.2) is 50.0 Å². The van der Waals surface area contributed by atoms with Crippen LogP contribution in [0.15, 0.2) is 97.1 Å². The van der Waals surface area contributed by atoms with Crippen LogP contribution in [0.2, 0.25) is 0 Å². The summed E-state index contributed by atoms with van der Waals surface area (Å²) in [5, 5.41) is 4.64. The third-order valence-corrected chi connectivity index (χ3v) is 8.59. The first-order chi connectivity index (χ1) is 20.1. The van der Waals surface area contributed by atoms with Crippen molar-refractivity contribution in [3.05, 3.63) is 114 Å². The number of benzene rings is 4. The molecule has 0 aliphatic heterocycles. The Kier molecular flexibility index (Phi) is 10.0. The van der Waals surface area contributed by atoms with Crippen molar-refractivity contribution in [3.63, 3.8) is 0 Å². The minimum Gasteiger partial charge on any atom is -0.352 e. The molecule has 4 aromatic rings. The lowest BCUT2D eigenvalue weighted by Crippen LogP contribution is -2.54. The summed E-state index contributed by atoms with van der Waals surface area (Å²) in [6.07, 6.45) is 2.12. The van der Waals surface area contributed by atoms with E-state index >= 15 is 0 Å². The molecule has 7 nitrogen and oxygen atoms in total. The van der Waals surface area contributed by atoms with E-state index in [1.54, 1.807) is 12.1 Å². The molecular weight excluding hydrogens is 546 g/mol. The molecule has 8 heteroatoms. The minimum atomic E-state index is -3.86. The van der Waals surface area contributed by atoms with Crippen molar-refractivity contribution in [3.8, 4) is 0 Å². The molecule has 2 amide bonds. The molecule has 0 aromatic heterocycles. The summed E-state index contributed by atoms with van der Waals surface area (Å²) >= 11 is 0. The van der Waals surface area contributed by atoms with Crippen molar-refractivity contribution < 1.29 is 18.0 Å². The maximum atomic E-state index is 14.3. The second-order valence-electron chi connectivity index (χ2n) is 10.8. The van der Waals surface area contributed by atoms with Crippen LogP contribution in [0.3, 0.4) is 0 Å². The zero-order valence-corrected chi connectivity index (χ0v) is 25.5. The van der Waals surface area contributed by atoms with E-state index in [0.717, 1.165) is 44.4 Å². The predicted octanol–water partition coefficient (Wildman–Crippen LogP) is 5.47. The van der Waals surface area contributed by atoms with Gasteiger partial charge in [0, 0.05) is 24.4 Å². The second kappa shape index (κ2) is 13.7. The number of rotatable bonds is 12. The Morgan fingerprint density at radius 1 is 0.833 bits per heavy atom. The Morgan fingerprint density at radius 2 is 1.48 bits per heavy atom. The van der Waals surface area contributed by atoms with Crippen molar-refractivity contribution in [2.45, 2.75) is 52.2 Å². The molecule has 0 unspecified atom stereocenters. The maximum absolute atomic E-state index is 14.3. The van der Waals surface area contributed by atoms with E-state index in [2.05, 4.69) is 5.32 Å². The highest BCUT2D eigenvalue weighted by Gasteiger charge is 2.33. The summed E-state index contributed by atoms with van der Waals surface area (Å²) in [5.41, 5.74) is 3.24. The summed E-state index contributed by atoms with van der Waals surface area (Å²) < 4.78 is 27.5. The summed E-state index contributed by atoms with van der Waals surface area (Å²) in [6, 6.07) is 29.3. The van der Waals surface area contributed by atoms with E-state index in [4.69, 9.17) is 0 Å². The average Bonchev–Trinajstić information content (AvgIpc) is 2.98. The third kappa shape index (κ3) is 7.76. The summed E-state index contributed by atoms with van der Waals surface area (Å²) in [5.74, 6) is -0.737. The van der Waals surface area contributed by atoms with Gasteiger partial charge in [-0.1, -0.05) is 103 Å². The van der Waals surface area contributed by atoms with Crippen LogP contribution in [0, 0.1) is 6.92 Å². The topological polar surface area (TPSA) is 86.8 Å². The lowest BCUT2D eigenvalue weighted by molar-refractivity contribution is -0.140. The second-order valence-corrected chi connectivity index (χ2v) is 12.7.